The van der Waals surface area contributed by atoms with Gasteiger partial charge in [0, 0.05) is 23.0 Å². The van der Waals surface area contributed by atoms with Crippen LogP contribution < -0.4 is 0 Å². The van der Waals surface area contributed by atoms with Crippen molar-refractivity contribution >= 4 is 23.6 Å². The van der Waals surface area contributed by atoms with E-state index >= 15 is 0 Å². The summed E-state index contributed by atoms with van der Waals surface area (Å²) in [6.45, 7) is 3.50. The Hall–Kier alpha value is -2.65. The molecule has 4 rings (SSSR count). The van der Waals surface area contributed by atoms with Gasteiger partial charge >= 0.3 is 5.97 Å². The normalized spacial score (nSPS) is 24.4. The molecule has 2 aliphatic rings. The van der Waals surface area contributed by atoms with Crippen molar-refractivity contribution in [3.63, 3.8) is 0 Å². The maximum Gasteiger partial charge on any atom is 0.353 e. The van der Waals surface area contributed by atoms with E-state index in [-0.39, 0.29) is 23.6 Å². The summed E-state index contributed by atoms with van der Waals surface area (Å²) in [5, 5.41) is 27.9. The van der Waals surface area contributed by atoms with Gasteiger partial charge in [-0.3, -0.25) is 4.79 Å². The van der Waals surface area contributed by atoms with Gasteiger partial charge in [0.25, 0.3) is 0 Å². The van der Waals surface area contributed by atoms with Crippen LogP contribution in [0.15, 0.2) is 47.1 Å². The maximum absolute atomic E-state index is 12.4. The predicted molar refractivity (Wildman–Crippen MR) is 107 cm³/mol. The standard InChI is InChI=1S/C20H22N4O4S/c1-11-16-15(12(2)25)19(26)24(16)17(20(27)28)18(11)29-9-8-13-10-23(22-21-13)14-6-4-3-5-7-14/h3-7,10-12,15-16,25H,8-9H2,1-2H3,(H,27,28)/t11-,12-,15-,16-/m1/s1. The number of aromatic nitrogens is 3. The smallest absolute Gasteiger partial charge is 0.353 e. The molecule has 1 fully saturated rings. The molecule has 2 N–H and O–H groups in total. The van der Waals surface area contributed by atoms with Crippen LogP contribution in [-0.2, 0) is 16.0 Å². The van der Waals surface area contributed by atoms with E-state index in [9.17, 15) is 19.8 Å². The van der Waals surface area contributed by atoms with Crippen LogP contribution in [0, 0.1) is 11.8 Å². The minimum atomic E-state index is -1.10. The van der Waals surface area contributed by atoms with Crippen molar-refractivity contribution in [3.8, 4) is 5.69 Å². The van der Waals surface area contributed by atoms with Gasteiger partial charge in [-0.05, 0) is 19.1 Å². The fourth-order valence-corrected chi connectivity index (χ4v) is 5.36. The van der Waals surface area contributed by atoms with Crippen molar-refractivity contribution in [1.29, 1.82) is 0 Å². The van der Waals surface area contributed by atoms with Crippen molar-refractivity contribution < 1.29 is 19.8 Å². The van der Waals surface area contributed by atoms with E-state index < -0.39 is 18.0 Å². The quantitative estimate of drug-likeness (QED) is 0.664. The number of aliphatic carboxylic acids is 1. The molecule has 3 heterocycles. The van der Waals surface area contributed by atoms with Crippen LogP contribution in [0.4, 0.5) is 0 Å². The van der Waals surface area contributed by atoms with E-state index in [0.29, 0.717) is 17.1 Å². The number of hydrogen-bond acceptors (Lipinski definition) is 6. The third-order valence-electron chi connectivity index (χ3n) is 5.49. The van der Waals surface area contributed by atoms with Gasteiger partial charge in [-0.1, -0.05) is 30.3 Å². The third-order valence-corrected chi connectivity index (χ3v) is 6.77. The number of carboxylic acids is 1. The Bertz CT molecular complexity index is 972. The molecule has 1 saturated heterocycles. The predicted octanol–water partition coefficient (Wildman–Crippen LogP) is 1.70. The maximum atomic E-state index is 12.4. The van der Waals surface area contributed by atoms with Crippen molar-refractivity contribution in [1.82, 2.24) is 19.9 Å². The fraction of sp³-hybridized carbons (Fsp3) is 0.400. The van der Waals surface area contributed by atoms with E-state index in [1.807, 2.05) is 43.5 Å². The number of carbonyl (C=O) groups excluding carboxylic acids is 1. The summed E-state index contributed by atoms with van der Waals surface area (Å²) in [7, 11) is 0. The van der Waals surface area contributed by atoms with E-state index in [2.05, 4.69) is 10.3 Å². The SMILES string of the molecule is C[C@@H](O)[C@H]1C(=O)N2C(C(=O)O)=C(SCCc3cn(-c4ccccc4)nn3)[C@H](C)[C@H]12. The Morgan fingerprint density at radius 1 is 1.31 bits per heavy atom. The van der Waals surface area contributed by atoms with Gasteiger partial charge in [-0.15, -0.1) is 16.9 Å². The van der Waals surface area contributed by atoms with Crippen LogP contribution in [-0.4, -0.2) is 59.9 Å². The first-order valence-corrected chi connectivity index (χ1v) is 10.5. The van der Waals surface area contributed by atoms with E-state index in [4.69, 9.17) is 0 Å². The molecule has 0 unspecified atom stereocenters. The van der Waals surface area contributed by atoms with Gasteiger partial charge in [0.05, 0.1) is 35.6 Å². The molecule has 1 aromatic carbocycles. The lowest BCUT2D eigenvalue weighted by Crippen LogP contribution is -2.63. The number of para-hydroxylation sites is 1. The molecule has 0 aliphatic carbocycles. The van der Waals surface area contributed by atoms with Gasteiger partial charge in [-0.25, -0.2) is 9.48 Å². The lowest BCUT2D eigenvalue weighted by atomic mass is 9.79. The Morgan fingerprint density at radius 2 is 2.03 bits per heavy atom. The molecule has 0 radical (unpaired) electrons. The largest absolute Gasteiger partial charge is 0.477 e. The zero-order valence-electron chi connectivity index (χ0n) is 16.1. The monoisotopic (exact) mass is 414 g/mol. The number of hydrogen-bond donors (Lipinski definition) is 2. The van der Waals surface area contributed by atoms with Gasteiger partial charge in [0.2, 0.25) is 5.91 Å². The van der Waals surface area contributed by atoms with Crippen LogP contribution >= 0.6 is 11.8 Å². The van der Waals surface area contributed by atoms with Crippen LogP contribution in [0.2, 0.25) is 0 Å². The zero-order chi connectivity index (χ0) is 20.7. The summed E-state index contributed by atoms with van der Waals surface area (Å²) in [4.78, 5) is 26.2. The molecule has 4 atom stereocenters. The van der Waals surface area contributed by atoms with E-state index in [1.165, 1.54) is 16.7 Å². The molecule has 0 spiro atoms. The number of aliphatic hydroxyl groups excluding tert-OH is 1. The summed E-state index contributed by atoms with van der Waals surface area (Å²) in [5.74, 6) is -1.45. The van der Waals surface area contributed by atoms with Crippen molar-refractivity contribution in [2.75, 3.05) is 5.75 Å². The molecule has 9 heteroatoms. The first kappa shape index (κ1) is 19.7. The Balaban J connectivity index is 1.45. The number of nitrogens with zero attached hydrogens (tertiary/aromatic N) is 4. The first-order chi connectivity index (χ1) is 13.9. The van der Waals surface area contributed by atoms with Crippen LogP contribution in [0.1, 0.15) is 19.5 Å². The summed E-state index contributed by atoms with van der Waals surface area (Å²) < 4.78 is 1.71. The summed E-state index contributed by atoms with van der Waals surface area (Å²) in [6.07, 6.45) is 1.69. The summed E-state index contributed by atoms with van der Waals surface area (Å²) in [5.41, 5.74) is 1.79. The number of aliphatic hydroxyl groups is 1. The molecule has 2 aliphatic heterocycles. The highest BCUT2D eigenvalue weighted by atomic mass is 32.2. The molecule has 29 heavy (non-hydrogen) atoms. The molecule has 8 nitrogen and oxygen atoms in total. The average Bonchev–Trinajstić information content (AvgIpc) is 3.24. The van der Waals surface area contributed by atoms with Crippen LogP contribution in [0.5, 0.6) is 0 Å². The number of rotatable bonds is 7. The molecule has 2 aromatic rings. The minimum Gasteiger partial charge on any atom is -0.477 e. The number of aryl methyl sites for hydroxylation is 1. The minimum absolute atomic E-state index is 0.0577. The molecular weight excluding hydrogens is 392 g/mol. The van der Waals surface area contributed by atoms with Gasteiger partial charge in [0.15, 0.2) is 0 Å². The second-order valence-corrected chi connectivity index (χ2v) is 8.50. The molecular formula is C20H22N4O4S. The highest BCUT2D eigenvalue weighted by molar-refractivity contribution is 8.03. The lowest BCUT2D eigenvalue weighted by molar-refractivity contribution is -0.163. The van der Waals surface area contributed by atoms with Gasteiger partial charge in [-0.2, -0.15) is 0 Å². The number of fused-ring (bicyclic) bond motifs is 1. The third kappa shape index (κ3) is 3.34. The Labute approximate surface area is 172 Å². The highest BCUT2D eigenvalue weighted by Gasteiger charge is 2.59. The number of thioether (sulfide) groups is 1. The van der Waals surface area contributed by atoms with Crippen molar-refractivity contribution in [3.05, 3.63) is 52.8 Å². The molecule has 0 bridgehead atoms. The number of carbonyl (C=O) groups is 2. The number of β-lactam (4-membered cyclic amide) rings is 1. The highest BCUT2D eigenvalue weighted by Crippen LogP contribution is 2.50. The number of benzene rings is 1. The van der Waals surface area contributed by atoms with Crippen LogP contribution in [0.25, 0.3) is 5.69 Å². The average molecular weight is 414 g/mol. The fourth-order valence-electron chi connectivity index (χ4n) is 4.10. The summed E-state index contributed by atoms with van der Waals surface area (Å²) in [6, 6.07) is 9.40. The second-order valence-electron chi connectivity index (χ2n) is 7.36. The van der Waals surface area contributed by atoms with Crippen LogP contribution in [0.3, 0.4) is 0 Å². The van der Waals surface area contributed by atoms with Gasteiger partial charge in [0.1, 0.15) is 5.70 Å². The molecule has 0 saturated carbocycles. The number of amides is 1. The molecule has 152 valence electrons. The Morgan fingerprint density at radius 3 is 2.69 bits per heavy atom. The Kier molecular flexibility index (Phi) is 5.18. The summed E-state index contributed by atoms with van der Waals surface area (Å²) >= 11 is 1.44. The number of carboxylic acid groups (broad SMARTS) is 1. The van der Waals surface area contributed by atoms with Crippen molar-refractivity contribution in [2.24, 2.45) is 11.8 Å². The zero-order valence-corrected chi connectivity index (χ0v) is 16.9. The molecule has 1 amide bonds. The molecule has 1 aromatic heterocycles. The van der Waals surface area contributed by atoms with Crippen molar-refractivity contribution in [2.45, 2.75) is 32.4 Å². The second kappa shape index (κ2) is 7.64. The topological polar surface area (TPSA) is 109 Å². The van der Waals surface area contributed by atoms with E-state index in [0.717, 1.165) is 11.4 Å². The first-order valence-electron chi connectivity index (χ1n) is 9.48. The lowest BCUT2D eigenvalue weighted by Gasteiger charge is -2.46. The van der Waals surface area contributed by atoms with E-state index in [1.54, 1.807) is 11.6 Å². The van der Waals surface area contributed by atoms with Gasteiger partial charge < -0.3 is 15.1 Å².